The van der Waals surface area contributed by atoms with Gasteiger partial charge in [-0.15, -0.1) is 0 Å². The summed E-state index contributed by atoms with van der Waals surface area (Å²) < 4.78 is 26.6. The van der Waals surface area contributed by atoms with Crippen LogP contribution in [0.2, 0.25) is 5.02 Å². The fourth-order valence-corrected chi connectivity index (χ4v) is 5.79. The Hall–Kier alpha value is -1.48. The molecule has 1 atom stereocenters. The Morgan fingerprint density at radius 2 is 1.53 bits per heavy atom. The van der Waals surface area contributed by atoms with Crippen molar-refractivity contribution < 1.29 is 13.5 Å². The van der Waals surface area contributed by atoms with Crippen molar-refractivity contribution in [1.29, 1.82) is 0 Å². The van der Waals surface area contributed by atoms with Gasteiger partial charge in [0.25, 0.3) is 0 Å². The topological polar surface area (TPSA) is 72.9 Å². The van der Waals surface area contributed by atoms with Gasteiger partial charge in [0.2, 0.25) is 10.0 Å². The van der Waals surface area contributed by atoms with Crippen LogP contribution < -0.4 is 4.72 Å². The van der Waals surface area contributed by atoms with Crippen molar-refractivity contribution in [2.45, 2.75) is 38.1 Å². The molecule has 2 aromatic rings. The number of rotatable bonds is 14. The average Bonchev–Trinajstić information content (AvgIpc) is 2.85. The molecule has 1 unspecified atom stereocenters. The first kappa shape index (κ1) is 27.1. The molecule has 0 bridgehead atoms. The summed E-state index contributed by atoms with van der Waals surface area (Å²) in [6.45, 7) is 5.54. The van der Waals surface area contributed by atoms with Crippen molar-refractivity contribution in [3.8, 4) is 0 Å². The summed E-state index contributed by atoms with van der Waals surface area (Å²) in [7, 11) is -3.20. The van der Waals surface area contributed by atoms with Gasteiger partial charge in [-0.25, -0.2) is 13.1 Å². The van der Waals surface area contributed by atoms with Crippen LogP contribution in [0.3, 0.4) is 0 Å². The maximum absolute atomic E-state index is 12.0. The van der Waals surface area contributed by atoms with Gasteiger partial charge in [-0.3, -0.25) is 4.90 Å². The van der Waals surface area contributed by atoms with E-state index in [4.69, 9.17) is 16.7 Å². The van der Waals surface area contributed by atoms with E-state index in [-0.39, 0.29) is 18.4 Å². The highest BCUT2D eigenvalue weighted by molar-refractivity contribution is 7.89. The Balaban J connectivity index is 1.42. The molecule has 0 amide bonds. The van der Waals surface area contributed by atoms with Crippen LogP contribution in [0.5, 0.6) is 0 Å². The Labute approximate surface area is 210 Å². The zero-order chi connectivity index (χ0) is 24.2. The van der Waals surface area contributed by atoms with E-state index in [1.165, 1.54) is 11.1 Å². The zero-order valence-electron chi connectivity index (χ0n) is 19.9. The SMILES string of the molecule is O=S(=O)(CCCCCN1CCN(C(c2ccccc2)c2ccc(Cl)cc2)CC1)NCCCCO. The van der Waals surface area contributed by atoms with Crippen molar-refractivity contribution in [2.75, 3.05) is 51.6 Å². The minimum Gasteiger partial charge on any atom is -0.396 e. The predicted octanol–water partition coefficient (Wildman–Crippen LogP) is 3.91. The third-order valence-corrected chi connectivity index (χ3v) is 8.09. The van der Waals surface area contributed by atoms with Crippen molar-refractivity contribution in [2.24, 2.45) is 0 Å². The highest BCUT2D eigenvalue weighted by atomic mass is 35.5. The fourth-order valence-electron chi connectivity index (χ4n) is 4.48. The molecule has 188 valence electrons. The van der Waals surface area contributed by atoms with Crippen LogP contribution in [-0.2, 0) is 10.0 Å². The lowest BCUT2D eigenvalue weighted by Gasteiger charge is -2.40. The molecule has 0 aromatic heterocycles. The van der Waals surface area contributed by atoms with E-state index in [0.717, 1.165) is 50.6 Å². The molecule has 2 aromatic carbocycles. The average molecular weight is 508 g/mol. The molecule has 0 aliphatic carbocycles. The van der Waals surface area contributed by atoms with Gasteiger partial charge in [0.1, 0.15) is 0 Å². The fraction of sp³-hybridized carbons (Fsp3) is 0.538. The lowest BCUT2D eigenvalue weighted by molar-refractivity contribution is 0.108. The van der Waals surface area contributed by atoms with Crippen LogP contribution in [0.1, 0.15) is 49.3 Å². The molecular formula is C26H38ClN3O3S. The molecule has 1 aliphatic rings. The highest BCUT2D eigenvalue weighted by Crippen LogP contribution is 2.30. The van der Waals surface area contributed by atoms with Crippen LogP contribution >= 0.6 is 11.6 Å². The molecule has 0 spiro atoms. The number of unbranched alkanes of at least 4 members (excludes halogenated alkanes) is 3. The largest absolute Gasteiger partial charge is 0.396 e. The van der Waals surface area contributed by atoms with Crippen LogP contribution in [0.25, 0.3) is 0 Å². The number of sulfonamides is 1. The van der Waals surface area contributed by atoms with E-state index in [2.05, 4.69) is 57.0 Å². The van der Waals surface area contributed by atoms with Crippen LogP contribution in [-0.4, -0.2) is 75.0 Å². The van der Waals surface area contributed by atoms with E-state index in [1.54, 1.807) is 0 Å². The minimum atomic E-state index is -3.20. The molecule has 34 heavy (non-hydrogen) atoms. The van der Waals surface area contributed by atoms with Gasteiger partial charge in [-0.1, -0.05) is 60.5 Å². The molecule has 8 heteroatoms. The lowest BCUT2D eigenvalue weighted by atomic mass is 9.96. The molecule has 1 heterocycles. The number of aliphatic hydroxyl groups excluding tert-OH is 1. The number of aliphatic hydroxyl groups is 1. The number of piperazine rings is 1. The summed E-state index contributed by atoms with van der Waals surface area (Å²) >= 11 is 6.13. The normalized spacial score (nSPS) is 16.5. The van der Waals surface area contributed by atoms with Gasteiger partial charge in [0, 0.05) is 44.4 Å². The van der Waals surface area contributed by atoms with E-state index in [1.807, 2.05) is 12.1 Å². The van der Waals surface area contributed by atoms with Crippen LogP contribution in [0, 0.1) is 0 Å². The van der Waals surface area contributed by atoms with Crippen molar-refractivity contribution in [3.05, 3.63) is 70.7 Å². The molecule has 1 saturated heterocycles. The van der Waals surface area contributed by atoms with Crippen molar-refractivity contribution in [1.82, 2.24) is 14.5 Å². The van der Waals surface area contributed by atoms with Gasteiger partial charge >= 0.3 is 0 Å². The molecule has 0 radical (unpaired) electrons. The molecule has 6 nitrogen and oxygen atoms in total. The third kappa shape index (κ3) is 8.95. The number of halogens is 1. The monoisotopic (exact) mass is 507 g/mol. The molecular weight excluding hydrogens is 470 g/mol. The standard InChI is InChI=1S/C26H38ClN3O3S/c27-25-13-11-24(12-14-25)26(23-9-3-1-4-10-23)30-19-17-29(18-20-30)16-6-2-8-22-34(32,33)28-15-5-7-21-31/h1,3-4,9-14,26,28,31H,2,5-8,15-22H2. The molecule has 1 aliphatic heterocycles. The molecule has 2 N–H and O–H groups in total. The summed E-state index contributed by atoms with van der Waals surface area (Å²) in [6.07, 6.45) is 3.91. The summed E-state index contributed by atoms with van der Waals surface area (Å²) in [5.74, 6) is 0.180. The Morgan fingerprint density at radius 1 is 0.853 bits per heavy atom. The van der Waals surface area contributed by atoms with Gasteiger partial charge < -0.3 is 10.0 Å². The highest BCUT2D eigenvalue weighted by Gasteiger charge is 2.26. The van der Waals surface area contributed by atoms with E-state index < -0.39 is 10.0 Å². The summed E-state index contributed by atoms with van der Waals surface area (Å²) in [5, 5.41) is 9.53. The maximum atomic E-state index is 12.0. The second-order valence-corrected chi connectivity index (χ2v) is 11.3. The van der Waals surface area contributed by atoms with Crippen LogP contribution in [0.4, 0.5) is 0 Å². The van der Waals surface area contributed by atoms with Crippen molar-refractivity contribution in [3.63, 3.8) is 0 Å². The number of hydrogen-bond donors (Lipinski definition) is 2. The maximum Gasteiger partial charge on any atom is 0.211 e. The van der Waals surface area contributed by atoms with Gasteiger partial charge in [0.05, 0.1) is 11.8 Å². The minimum absolute atomic E-state index is 0.101. The first-order valence-electron chi connectivity index (χ1n) is 12.3. The number of hydrogen-bond acceptors (Lipinski definition) is 5. The summed E-state index contributed by atoms with van der Waals surface area (Å²) in [5.41, 5.74) is 2.56. The number of nitrogens with zero attached hydrogens (tertiary/aromatic N) is 2. The van der Waals surface area contributed by atoms with Gasteiger partial charge in [-0.05, 0) is 55.5 Å². The molecule has 0 saturated carbocycles. The first-order valence-corrected chi connectivity index (χ1v) is 14.4. The Morgan fingerprint density at radius 3 is 2.21 bits per heavy atom. The molecule has 3 rings (SSSR count). The lowest BCUT2D eigenvalue weighted by Crippen LogP contribution is -2.48. The third-order valence-electron chi connectivity index (χ3n) is 6.37. The predicted molar refractivity (Wildman–Crippen MR) is 140 cm³/mol. The van der Waals surface area contributed by atoms with Crippen molar-refractivity contribution >= 4 is 21.6 Å². The molecule has 1 fully saturated rings. The summed E-state index contributed by atoms with van der Waals surface area (Å²) in [6, 6.07) is 19.0. The Bertz CT molecular complexity index is 934. The number of nitrogens with one attached hydrogen (secondary N) is 1. The first-order chi connectivity index (χ1) is 16.5. The van der Waals surface area contributed by atoms with Gasteiger partial charge in [0.15, 0.2) is 0 Å². The number of benzene rings is 2. The van der Waals surface area contributed by atoms with Crippen LogP contribution in [0.15, 0.2) is 54.6 Å². The Kier molecular flexibility index (Phi) is 11.3. The van der Waals surface area contributed by atoms with E-state index in [0.29, 0.717) is 25.8 Å². The summed E-state index contributed by atoms with van der Waals surface area (Å²) in [4.78, 5) is 5.03. The zero-order valence-corrected chi connectivity index (χ0v) is 21.5. The van der Waals surface area contributed by atoms with Gasteiger partial charge in [-0.2, -0.15) is 0 Å². The second kappa shape index (κ2) is 14.2. The van der Waals surface area contributed by atoms with E-state index in [9.17, 15) is 8.42 Å². The second-order valence-electron chi connectivity index (χ2n) is 8.95. The smallest absolute Gasteiger partial charge is 0.211 e. The quantitative estimate of drug-likeness (QED) is 0.379. The van der Waals surface area contributed by atoms with E-state index >= 15 is 0 Å².